The lowest BCUT2D eigenvalue weighted by Crippen LogP contribution is -2.43. The van der Waals surface area contributed by atoms with E-state index in [1.54, 1.807) is 0 Å². The monoisotopic (exact) mass is 387 g/mol. The summed E-state index contributed by atoms with van der Waals surface area (Å²) in [4.78, 5) is 14.5. The van der Waals surface area contributed by atoms with Crippen molar-refractivity contribution < 1.29 is 4.79 Å². The summed E-state index contributed by atoms with van der Waals surface area (Å²) in [6.45, 7) is 3.84. The fourth-order valence-electron chi connectivity index (χ4n) is 3.92. The Kier molecular flexibility index (Phi) is 9.04. The smallest absolute Gasteiger partial charge is 0.222 e. The first kappa shape index (κ1) is 22.1. The number of hydrogen-bond acceptors (Lipinski definition) is 3. The van der Waals surface area contributed by atoms with E-state index in [1.807, 2.05) is 4.90 Å². The topological polar surface area (TPSA) is 58.4 Å². The minimum Gasteiger partial charge on any atom is -0.382 e. The lowest BCUT2D eigenvalue weighted by atomic mass is 9.98. The van der Waals surface area contributed by atoms with Crippen molar-refractivity contribution in [1.29, 1.82) is 0 Å². The molecule has 2 aliphatic rings. The van der Waals surface area contributed by atoms with Gasteiger partial charge in [0.15, 0.2) is 0 Å². The third-order valence-corrected chi connectivity index (χ3v) is 5.39. The number of carbonyl (C=O) groups is 1. The van der Waals surface area contributed by atoms with E-state index in [-0.39, 0.29) is 30.9 Å². The van der Waals surface area contributed by atoms with Crippen LogP contribution in [0.5, 0.6) is 0 Å². The van der Waals surface area contributed by atoms with Gasteiger partial charge in [-0.05, 0) is 56.2 Å². The molecule has 0 radical (unpaired) electrons. The number of piperidine rings is 1. The molecule has 1 amide bonds. The summed E-state index contributed by atoms with van der Waals surface area (Å²) >= 11 is 0. The molecule has 0 spiro atoms. The Balaban J connectivity index is 0.00000156. The first-order valence-corrected chi connectivity index (χ1v) is 8.98. The second-order valence-electron chi connectivity index (χ2n) is 7.23. The second kappa shape index (κ2) is 10.2. The number of nitrogens with two attached hydrogens (primary N) is 1. The Bertz CT molecular complexity index is 547. The number of nitrogens with zero attached hydrogens (tertiary/aromatic N) is 1. The number of amides is 1. The van der Waals surface area contributed by atoms with E-state index in [9.17, 15) is 4.79 Å². The molecule has 142 valence electrons. The first-order valence-electron chi connectivity index (χ1n) is 8.98. The molecule has 0 bridgehead atoms. The van der Waals surface area contributed by atoms with E-state index in [0.29, 0.717) is 24.3 Å². The van der Waals surface area contributed by atoms with E-state index in [2.05, 4.69) is 36.5 Å². The molecule has 1 heterocycles. The second-order valence-corrected chi connectivity index (χ2v) is 7.23. The Labute approximate surface area is 163 Å². The van der Waals surface area contributed by atoms with Crippen LogP contribution in [0.2, 0.25) is 0 Å². The molecule has 1 saturated carbocycles. The summed E-state index contributed by atoms with van der Waals surface area (Å²) in [6.07, 6.45) is 6.09. The Hall–Kier alpha value is -0.970. The minimum atomic E-state index is 0. The highest BCUT2D eigenvalue weighted by Crippen LogP contribution is 2.28. The molecular formula is C19H31Cl2N3O. The van der Waals surface area contributed by atoms with E-state index >= 15 is 0 Å². The maximum atomic E-state index is 12.5. The molecule has 2 fully saturated rings. The number of halogens is 2. The van der Waals surface area contributed by atoms with Crippen LogP contribution in [0.25, 0.3) is 0 Å². The maximum absolute atomic E-state index is 12.5. The number of carbonyl (C=O) groups excluding carboxylic acids is 1. The van der Waals surface area contributed by atoms with Gasteiger partial charge in [0.1, 0.15) is 0 Å². The normalized spacial score (nSPS) is 23.5. The molecule has 1 saturated heterocycles. The van der Waals surface area contributed by atoms with Crippen LogP contribution in [-0.2, 0) is 4.79 Å². The standard InChI is InChI=1S/C19H29N3O.2ClH/c1-14-4-2-6-17(12-14)21-16-8-10-22(11-9-16)19(23)13-15-5-3-7-18(15)20;;/h2,4,6,12,15-16,18,21H,3,5,7-11,13,20H2,1H3;2*1H/t15-,18+;;/m0../s1. The average Bonchev–Trinajstić information content (AvgIpc) is 2.93. The molecule has 6 heteroatoms. The van der Waals surface area contributed by atoms with Gasteiger partial charge >= 0.3 is 0 Å². The molecule has 1 aromatic rings. The van der Waals surface area contributed by atoms with Gasteiger partial charge in [-0.3, -0.25) is 4.79 Å². The molecule has 2 atom stereocenters. The quantitative estimate of drug-likeness (QED) is 0.826. The van der Waals surface area contributed by atoms with Crippen molar-refractivity contribution in [3.05, 3.63) is 29.8 Å². The van der Waals surface area contributed by atoms with Gasteiger partial charge in [-0.25, -0.2) is 0 Å². The SMILES string of the molecule is Cc1cccc(NC2CCN(C(=O)C[C@@H]3CCC[C@H]3N)CC2)c1.Cl.Cl. The van der Waals surface area contributed by atoms with Gasteiger partial charge in [0, 0.05) is 37.3 Å². The molecule has 3 rings (SSSR count). The highest BCUT2D eigenvalue weighted by molar-refractivity contribution is 5.85. The van der Waals surface area contributed by atoms with Crippen LogP contribution in [0.15, 0.2) is 24.3 Å². The Morgan fingerprint density at radius 3 is 2.52 bits per heavy atom. The van der Waals surface area contributed by atoms with Gasteiger partial charge in [-0.15, -0.1) is 24.8 Å². The van der Waals surface area contributed by atoms with Crippen molar-refractivity contribution >= 4 is 36.4 Å². The van der Waals surface area contributed by atoms with Gasteiger partial charge in [-0.2, -0.15) is 0 Å². The average molecular weight is 388 g/mol. The van der Waals surface area contributed by atoms with Crippen molar-refractivity contribution in [2.24, 2.45) is 11.7 Å². The predicted octanol–water partition coefficient (Wildman–Crippen LogP) is 3.76. The maximum Gasteiger partial charge on any atom is 0.222 e. The number of nitrogens with one attached hydrogen (secondary N) is 1. The zero-order chi connectivity index (χ0) is 16.2. The molecule has 25 heavy (non-hydrogen) atoms. The summed E-state index contributed by atoms with van der Waals surface area (Å²) in [5.74, 6) is 0.715. The van der Waals surface area contributed by atoms with E-state index in [4.69, 9.17) is 5.73 Å². The summed E-state index contributed by atoms with van der Waals surface area (Å²) in [5, 5.41) is 3.60. The van der Waals surface area contributed by atoms with Crippen LogP contribution in [0.4, 0.5) is 5.69 Å². The predicted molar refractivity (Wildman–Crippen MR) is 109 cm³/mol. The number of benzene rings is 1. The molecule has 1 aliphatic carbocycles. The van der Waals surface area contributed by atoms with Crippen LogP contribution < -0.4 is 11.1 Å². The van der Waals surface area contributed by atoms with Crippen LogP contribution in [0, 0.1) is 12.8 Å². The third-order valence-electron chi connectivity index (χ3n) is 5.39. The van der Waals surface area contributed by atoms with E-state index in [0.717, 1.165) is 38.8 Å². The summed E-state index contributed by atoms with van der Waals surface area (Å²) in [7, 11) is 0. The molecule has 1 aromatic carbocycles. The highest BCUT2D eigenvalue weighted by atomic mass is 35.5. The molecule has 4 nitrogen and oxygen atoms in total. The van der Waals surface area contributed by atoms with Gasteiger partial charge in [0.05, 0.1) is 0 Å². The third kappa shape index (κ3) is 6.05. The molecule has 3 N–H and O–H groups in total. The van der Waals surface area contributed by atoms with Crippen LogP contribution in [0.1, 0.15) is 44.1 Å². The van der Waals surface area contributed by atoms with E-state index < -0.39 is 0 Å². The molecular weight excluding hydrogens is 357 g/mol. The number of likely N-dealkylation sites (tertiary alicyclic amines) is 1. The number of rotatable bonds is 4. The van der Waals surface area contributed by atoms with Gasteiger partial charge in [0.2, 0.25) is 5.91 Å². The van der Waals surface area contributed by atoms with Crippen molar-refractivity contribution in [2.45, 2.75) is 57.5 Å². The van der Waals surface area contributed by atoms with Crippen LogP contribution in [-0.4, -0.2) is 36.0 Å². The van der Waals surface area contributed by atoms with Gasteiger partial charge in [0.25, 0.3) is 0 Å². The van der Waals surface area contributed by atoms with Gasteiger partial charge < -0.3 is 16.0 Å². The number of anilines is 1. The molecule has 0 unspecified atom stereocenters. The van der Waals surface area contributed by atoms with Crippen molar-refractivity contribution in [2.75, 3.05) is 18.4 Å². The minimum absolute atomic E-state index is 0. The largest absolute Gasteiger partial charge is 0.382 e. The summed E-state index contributed by atoms with van der Waals surface area (Å²) in [6, 6.07) is 9.20. The van der Waals surface area contributed by atoms with Crippen molar-refractivity contribution in [3.63, 3.8) is 0 Å². The fraction of sp³-hybridized carbons (Fsp3) is 0.632. The highest BCUT2D eigenvalue weighted by Gasteiger charge is 2.29. The molecule has 1 aliphatic heterocycles. The summed E-state index contributed by atoms with van der Waals surface area (Å²) < 4.78 is 0. The summed E-state index contributed by atoms with van der Waals surface area (Å²) in [5.41, 5.74) is 8.56. The Morgan fingerprint density at radius 2 is 1.92 bits per heavy atom. The first-order chi connectivity index (χ1) is 11.1. The molecule has 0 aromatic heterocycles. The van der Waals surface area contributed by atoms with Crippen LogP contribution >= 0.6 is 24.8 Å². The zero-order valence-electron chi connectivity index (χ0n) is 14.9. The zero-order valence-corrected chi connectivity index (χ0v) is 16.6. The van der Waals surface area contributed by atoms with Crippen LogP contribution in [0.3, 0.4) is 0 Å². The van der Waals surface area contributed by atoms with Gasteiger partial charge in [-0.1, -0.05) is 18.6 Å². The Morgan fingerprint density at radius 1 is 1.20 bits per heavy atom. The van der Waals surface area contributed by atoms with Crippen molar-refractivity contribution in [1.82, 2.24) is 4.90 Å². The number of aryl methyl sites for hydroxylation is 1. The number of hydrogen-bond donors (Lipinski definition) is 2. The lowest BCUT2D eigenvalue weighted by molar-refractivity contribution is -0.133. The fourth-order valence-corrected chi connectivity index (χ4v) is 3.92. The van der Waals surface area contributed by atoms with E-state index in [1.165, 1.54) is 17.7 Å². The lowest BCUT2D eigenvalue weighted by Gasteiger charge is -2.33. The van der Waals surface area contributed by atoms with Crippen molar-refractivity contribution in [3.8, 4) is 0 Å².